The lowest BCUT2D eigenvalue weighted by molar-refractivity contribution is -0.148. The van der Waals surface area contributed by atoms with Gasteiger partial charge >= 0.3 is 11.9 Å². The maximum Gasteiger partial charge on any atom is 0.325 e. The van der Waals surface area contributed by atoms with E-state index in [-0.39, 0.29) is 19.5 Å². The second-order valence-corrected chi connectivity index (χ2v) is 7.38. The molecule has 8 heteroatoms. The molecule has 0 aliphatic carbocycles. The Labute approximate surface area is 118 Å². The predicted octanol–water partition coefficient (Wildman–Crippen LogP) is 0.455. The molecular formula is C12H21NO6S. The lowest BCUT2D eigenvalue weighted by atomic mass is 9.83. The van der Waals surface area contributed by atoms with Crippen molar-refractivity contribution in [2.24, 2.45) is 5.41 Å². The number of aliphatic carboxylic acids is 1. The van der Waals surface area contributed by atoms with Gasteiger partial charge in [-0.3, -0.25) is 9.59 Å². The third-order valence-electron chi connectivity index (χ3n) is 3.84. The number of ether oxygens (including phenoxy) is 1. The third kappa shape index (κ3) is 2.95. The summed E-state index contributed by atoms with van der Waals surface area (Å²) in [6, 6.07) is 0. The Bertz CT molecular complexity index is 488. The number of hydrogen-bond acceptors (Lipinski definition) is 5. The van der Waals surface area contributed by atoms with E-state index in [9.17, 15) is 23.1 Å². The molecule has 1 heterocycles. The summed E-state index contributed by atoms with van der Waals surface area (Å²) in [6.07, 6.45) is 1.34. The number of carbonyl (C=O) groups excluding carboxylic acids is 1. The molecule has 0 spiro atoms. The van der Waals surface area contributed by atoms with Crippen LogP contribution in [0.2, 0.25) is 0 Å². The van der Waals surface area contributed by atoms with Crippen molar-refractivity contribution in [3.05, 3.63) is 0 Å². The summed E-state index contributed by atoms with van der Waals surface area (Å²) in [7, 11) is -2.76. The molecule has 20 heavy (non-hydrogen) atoms. The second kappa shape index (κ2) is 6.09. The van der Waals surface area contributed by atoms with Gasteiger partial charge in [-0.15, -0.1) is 0 Å². The maximum absolute atomic E-state index is 12.3. The van der Waals surface area contributed by atoms with Crippen LogP contribution in [0.4, 0.5) is 0 Å². The van der Waals surface area contributed by atoms with E-state index >= 15 is 0 Å². The van der Waals surface area contributed by atoms with Crippen LogP contribution in [-0.4, -0.2) is 55.2 Å². The molecule has 0 aromatic rings. The highest BCUT2D eigenvalue weighted by atomic mass is 32.2. The predicted molar refractivity (Wildman–Crippen MR) is 71.6 cm³/mol. The van der Waals surface area contributed by atoms with Gasteiger partial charge in [-0.1, -0.05) is 13.3 Å². The first-order chi connectivity index (χ1) is 9.21. The van der Waals surface area contributed by atoms with Crippen LogP contribution in [0.3, 0.4) is 0 Å². The van der Waals surface area contributed by atoms with E-state index in [0.717, 1.165) is 11.4 Å². The molecule has 0 bridgehead atoms. The van der Waals surface area contributed by atoms with Gasteiger partial charge in [0.2, 0.25) is 10.0 Å². The van der Waals surface area contributed by atoms with E-state index in [2.05, 4.69) is 4.74 Å². The molecule has 2 unspecified atom stereocenters. The van der Waals surface area contributed by atoms with E-state index < -0.39 is 32.6 Å². The van der Waals surface area contributed by atoms with Gasteiger partial charge in [0.15, 0.2) is 5.25 Å². The maximum atomic E-state index is 12.3. The summed E-state index contributed by atoms with van der Waals surface area (Å²) in [5, 5.41) is 8.04. The number of carbonyl (C=O) groups is 2. The number of rotatable bonds is 6. The van der Waals surface area contributed by atoms with Gasteiger partial charge in [-0.25, -0.2) is 8.42 Å². The monoisotopic (exact) mass is 307 g/mol. The number of carboxylic acid groups (broad SMARTS) is 1. The van der Waals surface area contributed by atoms with Crippen molar-refractivity contribution in [2.45, 2.75) is 38.4 Å². The topological polar surface area (TPSA) is 101 Å². The van der Waals surface area contributed by atoms with Crippen LogP contribution in [0.1, 0.15) is 33.1 Å². The van der Waals surface area contributed by atoms with Crippen LogP contribution in [0.25, 0.3) is 0 Å². The molecule has 0 amide bonds. The Hall–Kier alpha value is -1.15. The molecule has 0 aromatic heterocycles. The van der Waals surface area contributed by atoms with Crippen LogP contribution >= 0.6 is 0 Å². The number of methoxy groups -OCH3 is 1. The summed E-state index contributed by atoms with van der Waals surface area (Å²) in [5.41, 5.74) is -1.04. The fourth-order valence-electron chi connectivity index (χ4n) is 2.53. The Morgan fingerprint density at radius 3 is 2.50 bits per heavy atom. The highest BCUT2D eigenvalue weighted by Gasteiger charge is 2.49. The van der Waals surface area contributed by atoms with E-state index in [0.29, 0.717) is 12.8 Å². The average Bonchev–Trinajstić information content (AvgIpc) is 2.83. The van der Waals surface area contributed by atoms with Gasteiger partial charge in [0.1, 0.15) is 0 Å². The molecule has 1 aliphatic heterocycles. The van der Waals surface area contributed by atoms with Crippen molar-refractivity contribution in [1.82, 2.24) is 4.31 Å². The lowest BCUT2D eigenvalue weighted by Crippen LogP contribution is -2.43. The SMILES string of the molecule is CCCC1(C(=O)O)CCN(S(=O)(=O)C(C)C(=O)OC)C1. The Morgan fingerprint density at radius 1 is 1.45 bits per heavy atom. The first kappa shape index (κ1) is 16.9. The number of esters is 1. The van der Waals surface area contributed by atoms with Crippen LogP contribution in [0.15, 0.2) is 0 Å². The standard InChI is InChI=1S/C12H21NO6S/c1-4-5-12(11(15)16)6-7-13(8-12)20(17,18)9(2)10(14)19-3/h9H,4-8H2,1-3H3,(H,15,16). The molecule has 1 saturated heterocycles. The number of nitrogens with zero attached hydrogens (tertiary/aromatic N) is 1. The zero-order chi connectivity index (χ0) is 15.6. The summed E-state index contributed by atoms with van der Waals surface area (Å²) in [6.45, 7) is 3.15. The van der Waals surface area contributed by atoms with E-state index in [1.165, 1.54) is 6.92 Å². The summed E-state index contributed by atoms with van der Waals surface area (Å²) in [4.78, 5) is 22.8. The molecule has 0 saturated carbocycles. The molecule has 7 nitrogen and oxygen atoms in total. The van der Waals surface area contributed by atoms with E-state index in [1.807, 2.05) is 6.92 Å². The Morgan fingerprint density at radius 2 is 2.05 bits per heavy atom. The molecule has 0 radical (unpaired) electrons. The summed E-state index contributed by atoms with van der Waals surface area (Å²) < 4.78 is 30.1. The second-order valence-electron chi connectivity index (χ2n) is 5.13. The van der Waals surface area contributed by atoms with Crippen molar-refractivity contribution in [3.63, 3.8) is 0 Å². The molecule has 1 rings (SSSR count). The van der Waals surface area contributed by atoms with Crippen LogP contribution in [0.5, 0.6) is 0 Å². The van der Waals surface area contributed by atoms with Crippen molar-refractivity contribution >= 4 is 22.0 Å². The largest absolute Gasteiger partial charge is 0.481 e. The number of sulfonamides is 1. The molecule has 0 aromatic carbocycles. The molecular weight excluding hydrogens is 286 g/mol. The minimum absolute atomic E-state index is 0.0835. The van der Waals surface area contributed by atoms with Crippen LogP contribution < -0.4 is 0 Å². The number of hydrogen-bond donors (Lipinski definition) is 1. The number of carboxylic acids is 1. The highest BCUT2D eigenvalue weighted by molar-refractivity contribution is 7.90. The minimum Gasteiger partial charge on any atom is -0.481 e. The summed E-state index contributed by atoms with van der Waals surface area (Å²) in [5.74, 6) is -1.82. The van der Waals surface area contributed by atoms with Crippen LogP contribution in [-0.2, 0) is 24.3 Å². The fourth-order valence-corrected chi connectivity index (χ4v) is 4.09. The smallest absolute Gasteiger partial charge is 0.325 e. The van der Waals surface area contributed by atoms with Gasteiger partial charge < -0.3 is 9.84 Å². The minimum atomic E-state index is -3.88. The zero-order valence-corrected chi connectivity index (χ0v) is 12.8. The first-order valence-electron chi connectivity index (χ1n) is 6.51. The van der Waals surface area contributed by atoms with Gasteiger partial charge in [0, 0.05) is 13.1 Å². The third-order valence-corrected chi connectivity index (χ3v) is 5.96. The molecule has 116 valence electrons. The van der Waals surface area contributed by atoms with Gasteiger partial charge in [-0.05, 0) is 19.8 Å². The first-order valence-corrected chi connectivity index (χ1v) is 8.02. The quantitative estimate of drug-likeness (QED) is 0.715. The van der Waals surface area contributed by atoms with Crippen molar-refractivity contribution in [1.29, 1.82) is 0 Å². The fraction of sp³-hybridized carbons (Fsp3) is 0.833. The van der Waals surface area contributed by atoms with E-state index in [1.54, 1.807) is 0 Å². The van der Waals surface area contributed by atoms with Gasteiger partial charge in [-0.2, -0.15) is 4.31 Å². The van der Waals surface area contributed by atoms with Crippen molar-refractivity contribution in [2.75, 3.05) is 20.2 Å². The molecule has 1 aliphatic rings. The average molecular weight is 307 g/mol. The Balaban J connectivity index is 2.96. The molecule has 2 atom stereocenters. The van der Waals surface area contributed by atoms with Gasteiger partial charge in [0.05, 0.1) is 12.5 Å². The molecule has 1 fully saturated rings. The van der Waals surface area contributed by atoms with Crippen LogP contribution in [0, 0.1) is 5.41 Å². The molecule has 1 N–H and O–H groups in total. The van der Waals surface area contributed by atoms with Crippen molar-refractivity contribution in [3.8, 4) is 0 Å². The van der Waals surface area contributed by atoms with E-state index in [4.69, 9.17) is 0 Å². The Kier molecular flexibility index (Phi) is 5.15. The zero-order valence-electron chi connectivity index (χ0n) is 12.0. The lowest BCUT2D eigenvalue weighted by Gasteiger charge is -2.25. The van der Waals surface area contributed by atoms with Gasteiger partial charge in [0.25, 0.3) is 0 Å². The normalized spacial score (nSPS) is 25.4. The van der Waals surface area contributed by atoms with Crippen molar-refractivity contribution < 1.29 is 27.9 Å². The highest BCUT2D eigenvalue weighted by Crippen LogP contribution is 2.37. The summed E-state index contributed by atoms with van der Waals surface area (Å²) >= 11 is 0.